The molecule has 0 aliphatic heterocycles. The summed E-state index contributed by atoms with van der Waals surface area (Å²) >= 11 is 0. The fourth-order valence-electron chi connectivity index (χ4n) is 2.58. The van der Waals surface area contributed by atoms with Gasteiger partial charge in [-0.1, -0.05) is 24.3 Å². The van der Waals surface area contributed by atoms with E-state index in [2.05, 4.69) is 25.3 Å². The van der Waals surface area contributed by atoms with Crippen molar-refractivity contribution < 1.29 is 4.79 Å². The number of aromatic nitrogens is 4. The zero-order valence-electron chi connectivity index (χ0n) is 13.0. The Balaban J connectivity index is 1.57. The first-order valence-electron chi connectivity index (χ1n) is 7.68. The number of aromatic amines is 1. The topological polar surface area (TPSA) is 83.6 Å². The Morgan fingerprint density at radius 2 is 1.71 bits per heavy atom. The molecule has 6 nitrogen and oxygen atoms in total. The summed E-state index contributed by atoms with van der Waals surface area (Å²) in [5, 5.41) is 2.90. The summed E-state index contributed by atoms with van der Waals surface area (Å²) < 4.78 is 0. The molecule has 4 aromatic rings. The number of nitrogens with one attached hydrogen (secondary N) is 2. The Kier molecular flexibility index (Phi) is 3.42. The van der Waals surface area contributed by atoms with Crippen molar-refractivity contribution in [2.24, 2.45) is 0 Å². The molecular formula is C18H15N5O. The number of H-pyrrole nitrogens is 1. The van der Waals surface area contributed by atoms with E-state index >= 15 is 0 Å². The summed E-state index contributed by atoms with van der Waals surface area (Å²) in [7, 11) is 0. The van der Waals surface area contributed by atoms with Gasteiger partial charge in [-0.25, -0.2) is 9.97 Å². The minimum absolute atomic E-state index is 0.266. The number of nitrogens with zero attached hydrogens (tertiary/aromatic N) is 3. The van der Waals surface area contributed by atoms with Gasteiger partial charge in [-0.3, -0.25) is 9.78 Å². The first-order valence-corrected chi connectivity index (χ1v) is 7.68. The lowest BCUT2D eigenvalue weighted by Crippen LogP contribution is -2.28. The van der Waals surface area contributed by atoms with Gasteiger partial charge in [0.25, 0.3) is 5.91 Å². The maximum atomic E-state index is 12.4. The third kappa shape index (κ3) is 2.58. The van der Waals surface area contributed by atoms with Gasteiger partial charge in [0, 0.05) is 0 Å². The normalized spacial score (nSPS) is 12.4. The van der Waals surface area contributed by atoms with Crippen molar-refractivity contribution in [3.05, 3.63) is 66.2 Å². The van der Waals surface area contributed by atoms with E-state index in [9.17, 15) is 4.79 Å². The smallest absolute Gasteiger partial charge is 0.272 e. The van der Waals surface area contributed by atoms with Crippen LogP contribution >= 0.6 is 0 Å². The lowest BCUT2D eigenvalue weighted by molar-refractivity contribution is 0.0933. The Morgan fingerprint density at radius 1 is 1.00 bits per heavy atom. The van der Waals surface area contributed by atoms with Crippen LogP contribution in [-0.4, -0.2) is 25.8 Å². The number of fused-ring (bicyclic) bond motifs is 2. The summed E-state index contributed by atoms with van der Waals surface area (Å²) in [6.07, 6.45) is 1.49. The average molecular weight is 317 g/mol. The van der Waals surface area contributed by atoms with Gasteiger partial charge >= 0.3 is 0 Å². The predicted molar refractivity (Wildman–Crippen MR) is 91.5 cm³/mol. The van der Waals surface area contributed by atoms with E-state index in [1.165, 1.54) is 6.20 Å². The van der Waals surface area contributed by atoms with Crippen LogP contribution in [-0.2, 0) is 0 Å². The molecule has 4 rings (SSSR count). The van der Waals surface area contributed by atoms with Crippen molar-refractivity contribution in [3.63, 3.8) is 0 Å². The molecule has 1 amide bonds. The standard InChI is InChI=1S/C18H15N5O/c1-11(17-22-14-8-4-5-9-15(14)23-17)20-18(24)16-10-19-12-6-2-3-7-13(12)21-16/h2-11H,1H3,(H,20,24)(H,22,23). The highest BCUT2D eigenvalue weighted by molar-refractivity contribution is 5.94. The van der Waals surface area contributed by atoms with Gasteiger partial charge in [-0.2, -0.15) is 0 Å². The van der Waals surface area contributed by atoms with Gasteiger partial charge in [0.2, 0.25) is 0 Å². The Labute approximate surface area is 138 Å². The average Bonchev–Trinajstić information content (AvgIpc) is 3.05. The molecule has 2 aromatic carbocycles. The molecule has 2 heterocycles. The number of rotatable bonds is 3. The minimum atomic E-state index is -0.277. The number of carbonyl (C=O) groups excluding carboxylic acids is 1. The molecule has 0 spiro atoms. The number of hydrogen-bond donors (Lipinski definition) is 2. The number of para-hydroxylation sites is 4. The van der Waals surface area contributed by atoms with Gasteiger partial charge in [0.05, 0.1) is 34.3 Å². The third-order valence-electron chi connectivity index (χ3n) is 3.85. The molecule has 1 unspecified atom stereocenters. The molecular weight excluding hydrogens is 302 g/mol. The molecule has 2 N–H and O–H groups in total. The van der Waals surface area contributed by atoms with E-state index in [4.69, 9.17) is 0 Å². The van der Waals surface area contributed by atoms with Gasteiger partial charge in [-0.15, -0.1) is 0 Å². The first kappa shape index (κ1) is 14.3. The molecule has 24 heavy (non-hydrogen) atoms. The van der Waals surface area contributed by atoms with Gasteiger partial charge in [0.15, 0.2) is 0 Å². The summed E-state index contributed by atoms with van der Waals surface area (Å²) in [4.78, 5) is 28.8. The Hall–Kier alpha value is -3.28. The van der Waals surface area contributed by atoms with Crippen molar-refractivity contribution >= 4 is 28.0 Å². The van der Waals surface area contributed by atoms with E-state index in [1.807, 2.05) is 55.5 Å². The van der Waals surface area contributed by atoms with Crippen molar-refractivity contribution in [1.29, 1.82) is 0 Å². The monoisotopic (exact) mass is 317 g/mol. The maximum Gasteiger partial charge on any atom is 0.272 e. The first-order chi connectivity index (χ1) is 11.7. The number of amides is 1. The number of hydrogen-bond acceptors (Lipinski definition) is 4. The van der Waals surface area contributed by atoms with Gasteiger partial charge in [-0.05, 0) is 31.2 Å². The van der Waals surface area contributed by atoms with E-state index in [1.54, 1.807) is 0 Å². The van der Waals surface area contributed by atoms with E-state index in [0.29, 0.717) is 11.3 Å². The van der Waals surface area contributed by atoms with Crippen LogP contribution in [0.25, 0.3) is 22.1 Å². The van der Waals surface area contributed by atoms with Gasteiger partial charge < -0.3 is 10.3 Å². The van der Waals surface area contributed by atoms with E-state index < -0.39 is 0 Å². The number of benzene rings is 2. The van der Waals surface area contributed by atoms with E-state index in [-0.39, 0.29) is 17.6 Å². The third-order valence-corrected chi connectivity index (χ3v) is 3.85. The van der Waals surface area contributed by atoms with Crippen LogP contribution in [0.3, 0.4) is 0 Å². The Bertz CT molecular complexity index is 1010. The van der Waals surface area contributed by atoms with Crippen LogP contribution in [0.1, 0.15) is 29.3 Å². The zero-order valence-corrected chi connectivity index (χ0v) is 13.0. The largest absolute Gasteiger partial charge is 0.341 e. The lowest BCUT2D eigenvalue weighted by atomic mass is 10.2. The van der Waals surface area contributed by atoms with Crippen LogP contribution in [0.2, 0.25) is 0 Å². The molecule has 6 heteroatoms. The molecule has 0 radical (unpaired) electrons. The molecule has 0 fully saturated rings. The zero-order chi connectivity index (χ0) is 16.5. The molecule has 1 atom stereocenters. The Morgan fingerprint density at radius 3 is 2.50 bits per heavy atom. The minimum Gasteiger partial charge on any atom is -0.341 e. The van der Waals surface area contributed by atoms with Crippen molar-refractivity contribution in [3.8, 4) is 0 Å². The van der Waals surface area contributed by atoms with Crippen LogP contribution in [0.4, 0.5) is 0 Å². The highest BCUT2D eigenvalue weighted by atomic mass is 16.1. The summed E-state index contributed by atoms with van der Waals surface area (Å²) in [5.41, 5.74) is 3.57. The number of imidazole rings is 1. The highest BCUT2D eigenvalue weighted by Gasteiger charge is 2.16. The second kappa shape index (κ2) is 5.73. The maximum absolute atomic E-state index is 12.4. The fourth-order valence-corrected chi connectivity index (χ4v) is 2.58. The lowest BCUT2D eigenvalue weighted by Gasteiger charge is -2.11. The van der Waals surface area contributed by atoms with Crippen LogP contribution in [0, 0.1) is 0 Å². The highest BCUT2D eigenvalue weighted by Crippen LogP contribution is 2.16. The second-order valence-electron chi connectivity index (χ2n) is 5.58. The van der Waals surface area contributed by atoms with Crippen molar-refractivity contribution in [2.45, 2.75) is 13.0 Å². The molecule has 0 aliphatic rings. The van der Waals surface area contributed by atoms with Gasteiger partial charge in [0.1, 0.15) is 11.5 Å². The molecule has 0 aliphatic carbocycles. The molecule has 2 aromatic heterocycles. The number of carbonyl (C=O) groups is 1. The summed E-state index contributed by atoms with van der Waals surface area (Å²) in [5.74, 6) is 0.430. The van der Waals surface area contributed by atoms with Crippen molar-refractivity contribution in [2.75, 3.05) is 0 Å². The van der Waals surface area contributed by atoms with Crippen LogP contribution in [0.15, 0.2) is 54.7 Å². The molecule has 118 valence electrons. The molecule has 0 saturated heterocycles. The summed E-state index contributed by atoms with van der Waals surface area (Å²) in [6, 6.07) is 14.9. The fraction of sp³-hybridized carbons (Fsp3) is 0.111. The van der Waals surface area contributed by atoms with E-state index in [0.717, 1.165) is 16.6 Å². The predicted octanol–water partition coefficient (Wildman–Crippen LogP) is 3.00. The quantitative estimate of drug-likeness (QED) is 0.608. The molecule has 0 saturated carbocycles. The second-order valence-corrected chi connectivity index (χ2v) is 5.58. The van der Waals surface area contributed by atoms with Crippen LogP contribution in [0.5, 0.6) is 0 Å². The van der Waals surface area contributed by atoms with Crippen molar-refractivity contribution in [1.82, 2.24) is 25.3 Å². The molecule has 0 bridgehead atoms. The SMILES string of the molecule is CC(NC(=O)c1cnc2ccccc2n1)c1nc2ccccc2[nH]1. The summed E-state index contributed by atoms with van der Waals surface area (Å²) in [6.45, 7) is 1.88. The van der Waals surface area contributed by atoms with Crippen LogP contribution < -0.4 is 5.32 Å².